The number of methoxy groups -OCH3 is 2. The van der Waals surface area contributed by atoms with E-state index in [1.54, 1.807) is 18.2 Å². The van der Waals surface area contributed by atoms with E-state index in [4.69, 9.17) is 24.3 Å². The molecule has 1 aromatic rings. The molecule has 0 amide bonds. The first-order chi connectivity index (χ1) is 7.15. The summed E-state index contributed by atoms with van der Waals surface area (Å²) in [4.78, 5) is 0. The summed E-state index contributed by atoms with van der Waals surface area (Å²) in [5.41, 5.74) is 0. The summed E-state index contributed by atoms with van der Waals surface area (Å²) in [7, 11) is 1.56. The summed E-state index contributed by atoms with van der Waals surface area (Å²) >= 11 is 0. The van der Waals surface area contributed by atoms with Gasteiger partial charge in [0.25, 0.3) is 0 Å². The average Bonchev–Trinajstić information content (AvgIpc) is 2.25. The molecule has 0 heterocycles. The number of ether oxygens (including phenoxy) is 3. The van der Waals surface area contributed by atoms with Gasteiger partial charge < -0.3 is 24.3 Å². The van der Waals surface area contributed by atoms with E-state index >= 15 is 0 Å². The highest BCUT2D eigenvalue weighted by Gasteiger charge is 2.09. The van der Waals surface area contributed by atoms with Crippen molar-refractivity contribution < 1.29 is 24.3 Å². The molecule has 0 spiro atoms. The molecule has 0 radical (unpaired) electrons. The summed E-state index contributed by atoms with van der Waals surface area (Å²) < 4.78 is 15.1. The van der Waals surface area contributed by atoms with Gasteiger partial charge in [-0.3, -0.25) is 0 Å². The van der Waals surface area contributed by atoms with Crippen molar-refractivity contribution in [2.24, 2.45) is 0 Å². The zero-order valence-electron chi connectivity index (χ0n) is 8.64. The lowest BCUT2D eigenvalue weighted by molar-refractivity contribution is 0.303. The number of benzene rings is 1. The van der Waals surface area contributed by atoms with Crippen LogP contribution < -0.4 is 14.2 Å². The summed E-state index contributed by atoms with van der Waals surface area (Å²) in [6.07, 6.45) is 0. The van der Waals surface area contributed by atoms with Gasteiger partial charge in [0.05, 0.1) is 14.2 Å². The summed E-state index contributed by atoms with van der Waals surface area (Å²) in [6.45, 7) is -0.198. The molecule has 15 heavy (non-hydrogen) atoms. The third-order valence-electron chi connectivity index (χ3n) is 1.72. The van der Waals surface area contributed by atoms with E-state index in [0.29, 0.717) is 17.2 Å². The molecule has 0 saturated heterocycles. The van der Waals surface area contributed by atoms with Crippen LogP contribution in [0.3, 0.4) is 0 Å². The number of hydrogen-bond donors (Lipinski definition) is 2. The molecule has 1 rings (SSSR count). The van der Waals surface area contributed by atoms with E-state index in [1.165, 1.54) is 14.2 Å². The summed E-state index contributed by atoms with van der Waals surface area (Å²) in [6, 6.07) is 4.96. The van der Waals surface area contributed by atoms with Gasteiger partial charge in [0, 0.05) is 18.2 Å². The van der Waals surface area contributed by atoms with Crippen molar-refractivity contribution in [1.82, 2.24) is 0 Å². The lowest BCUT2D eigenvalue weighted by Crippen LogP contribution is -2.22. The molecule has 82 valence electrons. The minimum Gasteiger partial charge on any atom is -0.496 e. The lowest BCUT2D eigenvalue weighted by atomic mass is 9.95. The Bertz CT molecular complexity index is 293. The van der Waals surface area contributed by atoms with Crippen LogP contribution >= 0.6 is 0 Å². The van der Waals surface area contributed by atoms with E-state index in [1.807, 2.05) is 0 Å². The zero-order chi connectivity index (χ0) is 11.3. The Kier molecular flexibility index (Phi) is 4.26. The first kappa shape index (κ1) is 11.7. The normalized spacial score (nSPS) is 9.60. The Morgan fingerprint density at radius 2 is 1.47 bits per heavy atom. The summed E-state index contributed by atoms with van der Waals surface area (Å²) in [5.74, 6) is 1.62. The second kappa shape index (κ2) is 5.48. The molecule has 6 heteroatoms. The first-order valence-corrected chi connectivity index (χ1v) is 4.37. The molecule has 0 fully saturated rings. The van der Waals surface area contributed by atoms with E-state index < -0.39 is 7.12 Å². The Morgan fingerprint density at radius 3 is 1.87 bits per heavy atom. The Hall–Kier alpha value is -1.40. The Morgan fingerprint density at radius 1 is 1.00 bits per heavy atom. The second-order valence-corrected chi connectivity index (χ2v) is 2.84. The van der Waals surface area contributed by atoms with E-state index in [-0.39, 0.29) is 6.51 Å². The van der Waals surface area contributed by atoms with Crippen LogP contribution in [-0.4, -0.2) is 37.9 Å². The van der Waals surface area contributed by atoms with Crippen molar-refractivity contribution in [2.75, 3.05) is 20.7 Å². The molecule has 2 N–H and O–H groups in total. The molecule has 0 aliphatic heterocycles. The van der Waals surface area contributed by atoms with Gasteiger partial charge in [-0.15, -0.1) is 0 Å². The SMILES string of the molecule is COc1cc(OC)cc(OCB(O)O)c1. The molecule has 5 nitrogen and oxygen atoms in total. The first-order valence-electron chi connectivity index (χ1n) is 4.37. The second-order valence-electron chi connectivity index (χ2n) is 2.84. The zero-order valence-corrected chi connectivity index (χ0v) is 8.64. The molecule has 1 aromatic carbocycles. The monoisotopic (exact) mass is 212 g/mol. The molecular formula is C9H13BO5. The number of rotatable bonds is 5. The predicted molar refractivity (Wildman–Crippen MR) is 55.2 cm³/mol. The van der Waals surface area contributed by atoms with Crippen LogP contribution in [0.5, 0.6) is 17.2 Å². The van der Waals surface area contributed by atoms with Gasteiger partial charge in [0.1, 0.15) is 23.8 Å². The molecule has 0 aliphatic carbocycles. The highest BCUT2D eigenvalue weighted by molar-refractivity contribution is 6.40. The largest absolute Gasteiger partial charge is 0.496 e. The van der Waals surface area contributed by atoms with Crippen LogP contribution in [-0.2, 0) is 0 Å². The van der Waals surface area contributed by atoms with Crippen LogP contribution in [0.25, 0.3) is 0 Å². The molecule has 0 unspecified atom stereocenters. The van der Waals surface area contributed by atoms with Crippen molar-refractivity contribution in [2.45, 2.75) is 0 Å². The fourth-order valence-electron chi connectivity index (χ4n) is 1.04. The maximum absolute atomic E-state index is 8.63. The third kappa shape index (κ3) is 3.69. The van der Waals surface area contributed by atoms with E-state index in [2.05, 4.69) is 0 Å². The highest BCUT2D eigenvalue weighted by atomic mass is 16.5. The van der Waals surface area contributed by atoms with Gasteiger partial charge in [-0.2, -0.15) is 0 Å². The van der Waals surface area contributed by atoms with Crippen LogP contribution in [0.4, 0.5) is 0 Å². The molecule has 0 aliphatic rings. The molecule has 0 bridgehead atoms. The minimum absolute atomic E-state index is 0.198. The standard InChI is InChI=1S/C9H13BO5/c1-13-7-3-8(14-2)5-9(4-7)15-6-10(11)12/h3-5,11-12H,6H2,1-2H3. The fourth-order valence-corrected chi connectivity index (χ4v) is 1.04. The van der Waals surface area contributed by atoms with E-state index in [0.717, 1.165) is 0 Å². The molecule has 0 saturated carbocycles. The highest BCUT2D eigenvalue weighted by Crippen LogP contribution is 2.27. The maximum Gasteiger partial charge on any atom is 0.491 e. The van der Waals surface area contributed by atoms with Gasteiger partial charge in [-0.25, -0.2) is 0 Å². The van der Waals surface area contributed by atoms with Crippen LogP contribution in [0.2, 0.25) is 0 Å². The van der Waals surface area contributed by atoms with Crippen LogP contribution in [0.15, 0.2) is 18.2 Å². The topological polar surface area (TPSA) is 68.2 Å². The fraction of sp³-hybridized carbons (Fsp3) is 0.333. The smallest absolute Gasteiger partial charge is 0.491 e. The van der Waals surface area contributed by atoms with E-state index in [9.17, 15) is 0 Å². The molecule has 0 aromatic heterocycles. The van der Waals surface area contributed by atoms with Gasteiger partial charge in [0.15, 0.2) is 0 Å². The summed E-state index contributed by atoms with van der Waals surface area (Å²) in [5, 5.41) is 17.3. The van der Waals surface area contributed by atoms with Crippen molar-refractivity contribution >= 4 is 7.12 Å². The van der Waals surface area contributed by atoms with Gasteiger partial charge in [-0.05, 0) is 0 Å². The minimum atomic E-state index is -1.50. The van der Waals surface area contributed by atoms with Crippen LogP contribution in [0, 0.1) is 0 Å². The van der Waals surface area contributed by atoms with Gasteiger partial charge in [-0.1, -0.05) is 0 Å². The van der Waals surface area contributed by atoms with Crippen LogP contribution in [0.1, 0.15) is 0 Å². The molecule has 0 atom stereocenters. The van der Waals surface area contributed by atoms with Crippen molar-refractivity contribution in [1.29, 1.82) is 0 Å². The van der Waals surface area contributed by atoms with Crippen molar-refractivity contribution in [3.05, 3.63) is 18.2 Å². The average molecular weight is 212 g/mol. The Labute approximate surface area is 88.3 Å². The molecular weight excluding hydrogens is 199 g/mol. The maximum atomic E-state index is 8.63. The predicted octanol–water partition coefficient (Wildman–Crippen LogP) is 0.0946. The third-order valence-corrected chi connectivity index (χ3v) is 1.72. The quantitative estimate of drug-likeness (QED) is 0.677. The van der Waals surface area contributed by atoms with Crippen molar-refractivity contribution in [3.63, 3.8) is 0 Å². The van der Waals surface area contributed by atoms with Gasteiger partial charge in [0.2, 0.25) is 0 Å². The van der Waals surface area contributed by atoms with Crippen molar-refractivity contribution in [3.8, 4) is 17.2 Å². The lowest BCUT2D eigenvalue weighted by Gasteiger charge is -2.09. The van der Waals surface area contributed by atoms with Gasteiger partial charge >= 0.3 is 7.12 Å². The Balaban J connectivity index is 2.77. The number of hydrogen-bond acceptors (Lipinski definition) is 5.